The Morgan fingerprint density at radius 2 is 2.04 bits per heavy atom. The largest absolute Gasteiger partial charge is 0.497 e. The van der Waals surface area contributed by atoms with E-state index < -0.39 is 0 Å². The molecule has 0 aliphatic rings. The van der Waals surface area contributed by atoms with Crippen molar-refractivity contribution in [3.63, 3.8) is 0 Å². The van der Waals surface area contributed by atoms with Crippen molar-refractivity contribution in [3.8, 4) is 17.2 Å². The van der Waals surface area contributed by atoms with Gasteiger partial charge in [-0.1, -0.05) is 22.9 Å². The van der Waals surface area contributed by atoms with Gasteiger partial charge in [0.05, 0.1) is 26.1 Å². The molecule has 134 valence electrons. The Balaban J connectivity index is 1.70. The molecule has 0 unspecified atom stereocenters. The summed E-state index contributed by atoms with van der Waals surface area (Å²) in [5.41, 5.74) is 1.75. The monoisotopic (exact) mass is 372 g/mol. The quantitative estimate of drug-likeness (QED) is 0.719. The Bertz CT molecular complexity index is 926. The van der Waals surface area contributed by atoms with Crippen molar-refractivity contribution in [2.75, 3.05) is 14.2 Å². The van der Waals surface area contributed by atoms with Crippen molar-refractivity contribution >= 4 is 17.5 Å². The molecule has 0 bridgehead atoms. The number of ether oxygens (including phenoxy) is 2. The fraction of sp³-hybridized carbons (Fsp3) is 0.167. The molecule has 0 spiro atoms. The molecule has 1 amide bonds. The minimum absolute atomic E-state index is 0.206. The lowest BCUT2D eigenvalue weighted by molar-refractivity contribution is 0.0945. The number of carbonyl (C=O) groups is 1. The van der Waals surface area contributed by atoms with Crippen LogP contribution in [0, 0.1) is 0 Å². The van der Waals surface area contributed by atoms with E-state index in [-0.39, 0.29) is 18.1 Å². The molecule has 3 rings (SSSR count). The predicted molar refractivity (Wildman–Crippen MR) is 97.1 cm³/mol. The van der Waals surface area contributed by atoms with Gasteiger partial charge in [-0.2, -0.15) is 0 Å². The van der Waals surface area contributed by atoms with Crippen LogP contribution in [0.1, 0.15) is 16.1 Å². The van der Waals surface area contributed by atoms with Crippen molar-refractivity contribution in [1.29, 1.82) is 0 Å². The maximum Gasteiger partial charge on any atom is 0.273 e. The van der Waals surface area contributed by atoms with Gasteiger partial charge in [0, 0.05) is 23.2 Å². The van der Waals surface area contributed by atoms with E-state index in [0.717, 1.165) is 11.3 Å². The van der Waals surface area contributed by atoms with Crippen molar-refractivity contribution in [2.24, 2.45) is 0 Å². The predicted octanol–water partition coefficient (Wildman–Crippen LogP) is 2.87. The van der Waals surface area contributed by atoms with Crippen LogP contribution in [-0.2, 0) is 6.54 Å². The average molecular weight is 373 g/mol. The number of rotatable bonds is 6. The molecule has 0 aliphatic carbocycles. The van der Waals surface area contributed by atoms with Crippen LogP contribution in [0.2, 0.25) is 5.02 Å². The number of halogens is 1. The van der Waals surface area contributed by atoms with E-state index in [0.29, 0.717) is 16.5 Å². The number of amides is 1. The van der Waals surface area contributed by atoms with E-state index in [1.54, 1.807) is 50.7 Å². The summed E-state index contributed by atoms with van der Waals surface area (Å²) in [7, 11) is 3.15. The van der Waals surface area contributed by atoms with Crippen LogP contribution in [0.4, 0.5) is 0 Å². The number of aromatic nitrogens is 3. The molecule has 26 heavy (non-hydrogen) atoms. The fourth-order valence-electron chi connectivity index (χ4n) is 2.38. The van der Waals surface area contributed by atoms with Gasteiger partial charge in [0.2, 0.25) is 0 Å². The van der Waals surface area contributed by atoms with Crippen molar-refractivity contribution in [3.05, 3.63) is 64.9 Å². The maximum absolute atomic E-state index is 12.3. The van der Waals surface area contributed by atoms with E-state index >= 15 is 0 Å². The van der Waals surface area contributed by atoms with E-state index in [2.05, 4.69) is 15.6 Å². The van der Waals surface area contributed by atoms with Gasteiger partial charge in [0.15, 0.2) is 5.69 Å². The Hall–Kier alpha value is -3.06. The third kappa shape index (κ3) is 3.94. The van der Waals surface area contributed by atoms with E-state index in [1.807, 2.05) is 12.1 Å². The normalized spacial score (nSPS) is 10.4. The molecule has 1 N–H and O–H groups in total. The van der Waals surface area contributed by atoms with Crippen LogP contribution in [0.3, 0.4) is 0 Å². The third-order valence-corrected chi connectivity index (χ3v) is 3.97. The number of hydrogen-bond acceptors (Lipinski definition) is 5. The fourth-order valence-corrected chi connectivity index (χ4v) is 2.56. The maximum atomic E-state index is 12.3. The minimum atomic E-state index is -0.337. The molecule has 7 nitrogen and oxygen atoms in total. The number of hydrogen-bond donors (Lipinski definition) is 1. The number of nitrogens with zero attached hydrogens (tertiary/aromatic N) is 3. The molecule has 0 saturated heterocycles. The van der Waals surface area contributed by atoms with Crippen molar-refractivity contribution in [1.82, 2.24) is 20.3 Å². The summed E-state index contributed by atoms with van der Waals surface area (Å²) in [6, 6.07) is 12.5. The highest BCUT2D eigenvalue weighted by Gasteiger charge is 2.13. The molecule has 3 aromatic rings. The van der Waals surface area contributed by atoms with Crippen LogP contribution >= 0.6 is 11.6 Å². The Kier molecular flexibility index (Phi) is 5.38. The first kappa shape index (κ1) is 17.8. The summed E-state index contributed by atoms with van der Waals surface area (Å²) in [6.07, 6.45) is 1.55. The summed E-state index contributed by atoms with van der Waals surface area (Å²) in [5, 5.41) is 11.3. The summed E-state index contributed by atoms with van der Waals surface area (Å²) in [4.78, 5) is 12.3. The highest BCUT2D eigenvalue weighted by atomic mass is 35.5. The lowest BCUT2D eigenvalue weighted by atomic mass is 10.2. The lowest BCUT2D eigenvalue weighted by Gasteiger charge is -2.10. The topological polar surface area (TPSA) is 78.3 Å². The van der Waals surface area contributed by atoms with Gasteiger partial charge in [-0.05, 0) is 30.3 Å². The molecule has 1 aromatic heterocycles. The van der Waals surface area contributed by atoms with Crippen molar-refractivity contribution in [2.45, 2.75) is 6.54 Å². The third-order valence-electron chi connectivity index (χ3n) is 3.73. The summed E-state index contributed by atoms with van der Waals surface area (Å²) >= 11 is 5.97. The van der Waals surface area contributed by atoms with Gasteiger partial charge >= 0.3 is 0 Å². The number of methoxy groups -OCH3 is 2. The minimum Gasteiger partial charge on any atom is -0.497 e. The molecule has 8 heteroatoms. The van der Waals surface area contributed by atoms with E-state index in [4.69, 9.17) is 21.1 Å². The first-order valence-corrected chi connectivity index (χ1v) is 8.16. The molecule has 0 aliphatic heterocycles. The van der Waals surface area contributed by atoms with Crippen LogP contribution < -0.4 is 14.8 Å². The van der Waals surface area contributed by atoms with Gasteiger partial charge in [0.25, 0.3) is 5.91 Å². The zero-order valence-corrected chi connectivity index (χ0v) is 15.0. The molecule has 2 aromatic carbocycles. The molecular formula is C18H17ClN4O3. The highest BCUT2D eigenvalue weighted by Crippen LogP contribution is 2.24. The van der Waals surface area contributed by atoms with E-state index in [1.165, 1.54) is 4.68 Å². The smallest absolute Gasteiger partial charge is 0.273 e. The lowest BCUT2D eigenvalue weighted by Crippen LogP contribution is -2.23. The van der Waals surface area contributed by atoms with Crippen molar-refractivity contribution < 1.29 is 14.3 Å². The first-order chi connectivity index (χ1) is 12.6. The van der Waals surface area contributed by atoms with Crippen LogP contribution in [0.15, 0.2) is 48.7 Å². The second kappa shape index (κ2) is 7.88. The second-order valence-corrected chi connectivity index (χ2v) is 5.83. The van der Waals surface area contributed by atoms with Gasteiger partial charge < -0.3 is 14.8 Å². The van der Waals surface area contributed by atoms with Gasteiger partial charge in [-0.15, -0.1) is 5.10 Å². The Labute approximate surface area is 155 Å². The number of benzene rings is 2. The highest BCUT2D eigenvalue weighted by molar-refractivity contribution is 6.30. The van der Waals surface area contributed by atoms with E-state index in [9.17, 15) is 4.79 Å². The molecular weight excluding hydrogens is 356 g/mol. The van der Waals surface area contributed by atoms with Gasteiger partial charge in [0.1, 0.15) is 11.5 Å². The van der Waals surface area contributed by atoms with Gasteiger partial charge in [-0.25, -0.2) is 4.68 Å². The van der Waals surface area contributed by atoms with Gasteiger partial charge in [-0.3, -0.25) is 4.79 Å². The Morgan fingerprint density at radius 1 is 1.19 bits per heavy atom. The molecule has 0 radical (unpaired) electrons. The second-order valence-electron chi connectivity index (χ2n) is 5.39. The summed E-state index contributed by atoms with van der Waals surface area (Å²) < 4.78 is 12.0. The first-order valence-electron chi connectivity index (χ1n) is 7.78. The van der Waals surface area contributed by atoms with Crippen LogP contribution in [0.5, 0.6) is 11.5 Å². The molecule has 0 fully saturated rings. The van der Waals surface area contributed by atoms with Crippen LogP contribution in [0.25, 0.3) is 5.69 Å². The average Bonchev–Trinajstić information content (AvgIpc) is 3.16. The zero-order valence-electron chi connectivity index (χ0n) is 14.3. The number of carbonyl (C=O) groups excluding carboxylic acids is 1. The summed E-state index contributed by atoms with van der Waals surface area (Å²) in [5.74, 6) is 0.977. The number of nitrogens with one attached hydrogen (secondary N) is 1. The summed E-state index contributed by atoms with van der Waals surface area (Å²) in [6.45, 7) is 0.288. The zero-order chi connectivity index (χ0) is 18.5. The standard InChI is InChI=1S/C18H17ClN4O3/c1-25-15-7-6-12(17(9-15)26-2)10-20-18(24)16-11-23(22-21-16)14-5-3-4-13(19)8-14/h3-9,11H,10H2,1-2H3,(H,20,24). The molecule has 0 saturated carbocycles. The SMILES string of the molecule is COc1ccc(CNC(=O)c2cn(-c3cccc(Cl)c3)nn2)c(OC)c1. The molecule has 1 heterocycles. The Morgan fingerprint density at radius 3 is 2.77 bits per heavy atom. The molecule has 0 atom stereocenters. The van der Waals surface area contributed by atoms with Crippen LogP contribution in [-0.4, -0.2) is 35.1 Å².